The number of fused-ring (bicyclic) bond motifs is 3. The molecule has 0 unspecified atom stereocenters. The van der Waals surface area contributed by atoms with Gasteiger partial charge in [0.25, 0.3) is 0 Å². The second kappa shape index (κ2) is 12.8. The van der Waals surface area contributed by atoms with E-state index in [0.29, 0.717) is 5.02 Å². The normalized spacial score (nSPS) is 14.9. The number of halogens is 1. The van der Waals surface area contributed by atoms with E-state index in [1.807, 2.05) is 0 Å². The molecule has 1 aliphatic heterocycles. The molecule has 0 saturated carbocycles. The van der Waals surface area contributed by atoms with E-state index in [9.17, 15) is 0 Å². The van der Waals surface area contributed by atoms with E-state index >= 15 is 0 Å². The fraction of sp³-hybridized carbons (Fsp3) is 0.102. The van der Waals surface area contributed by atoms with E-state index in [4.69, 9.17) is 11.6 Å². The van der Waals surface area contributed by atoms with E-state index in [1.165, 1.54) is 44.0 Å². The molecule has 0 atom stereocenters. The number of hydrogen-bond acceptors (Lipinski definition) is 2. The minimum Gasteiger partial charge on any atom is -0.309 e. The summed E-state index contributed by atoms with van der Waals surface area (Å²) >= 11 is 7.95. The summed E-state index contributed by atoms with van der Waals surface area (Å²) in [5, 5.41) is 3.51. The summed E-state index contributed by atoms with van der Waals surface area (Å²) in [5.41, 5.74) is 13.5. The van der Waals surface area contributed by atoms with Crippen LogP contribution < -0.4 is 20.2 Å². The average Bonchev–Trinajstić information content (AvgIpc) is 3.46. The fourth-order valence-corrected chi connectivity index (χ4v) is 11.7. The van der Waals surface area contributed by atoms with Crippen molar-refractivity contribution in [2.45, 2.75) is 32.4 Å². The molecule has 0 fully saturated rings. The quantitative estimate of drug-likeness (QED) is 0.158. The maximum Gasteiger partial charge on any atom is 0.117 e. The SMILES string of the molecule is CC1(C)C=C(N(c2ccccc2)c2cc(-c3cccc(-c4ccccc4)c3)cc(N3c4ccccc4[Si](C)(C)c4ccccc43)c2Cl)c2ccccc21. The van der Waals surface area contributed by atoms with Gasteiger partial charge in [-0.15, -0.1) is 0 Å². The van der Waals surface area contributed by atoms with Crippen LogP contribution in [0.1, 0.15) is 25.0 Å². The Balaban J connectivity index is 1.35. The lowest BCUT2D eigenvalue weighted by molar-refractivity contribution is 0.683. The standard InChI is InChI=1S/C49H41ClN2Si/c1-49(2)33-45(39-24-11-12-25-40(39)49)51(38-22-9-6-10-23-38)43-31-37(36-21-17-20-35(30-36)34-18-7-5-8-19-34)32-44(48(43)50)52-41-26-13-15-28-46(41)53(3,4)47-29-16-14-27-42(47)52/h5-33H,1-4H3. The Morgan fingerprint density at radius 3 is 1.75 bits per heavy atom. The van der Waals surface area contributed by atoms with Gasteiger partial charge in [0.05, 0.1) is 22.1 Å². The molecule has 0 aromatic heterocycles. The number of allylic oxidation sites excluding steroid dienone is 1. The largest absolute Gasteiger partial charge is 0.309 e. The van der Waals surface area contributed by atoms with E-state index in [0.717, 1.165) is 33.9 Å². The molecule has 0 amide bonds. The summed E-state index contributed by atoms with van der Waals surface area (Å²) in [6.45, 7) is 9.52. The highest BCUT2D eigenvalue weighted by molar-refractivity contribution is 7.02. The molecular weight excluding hydrogens is 680 g/mol. The van der Waals surface area contributed by atoms with Crippen molar-refractivity contribution in [3.63, 3.8) is 0 Å². The number of para-hydroxylation sites is 3. The van der Waals surface area contributed by atoms with Crippen LogP contribution in [0.15, 0.2) is 176 Å². The van der Waals surface area contributed by atoms with Gasteiger partial charge in [0.2, 0.25) is 0 Å². The highest BCUT2D eigenvalue weighted by Crippen LogP contribution is 2.52. The molecule has 0 bridgehead atoms. The van der Waals surface area contributed by atoms with Crippen LogP contribution in [-0.2, 0) is 5.41 Å². The van der Waals surface area contributed by atoms with Crippen LogP contribution >= 0.6 is 11.6 Å². The Labute approximate surface area is 319 Å². The van der Waals surface area contributed by atoms with Gasteiger partial charge in [-0.25, -0.2) is 0 Å². The third kappa shape index (κ3) is 5.54. The lowest BCUT2D eigenvalue weighted by atomic mass is 9.87. The zero-order chi connectivity index (χ0) is 36.3. The first kappa shape index (κ1) is 33.2. The Kier molecular flexibility index (Phi) is 8.03. The van der Waals surface area contributed by atoms with Gasteiger partial charge >= 0.3 is 0 Å². The van der Waals surface area contributed by atoms with Crippen LogP contribution in [0.5, 0.6) is 0 Å². The van der Waals surface area contributed by atoms with Crippen LogP contribution in [0.25, 0.3) is 28.0 Å². The summed E-state index contributed by atoms with van der Waals surface area (Å²) in [5.74, 6) is 0. The average molecular weight is 721 g/mol. The minimum atomic E-state index is -2.02. The molecule has 0 spiro atoms. The molecule has 4 heteroatoms. The van der Waals surface area contributed by atoms with Crippen molar-refractivity contribution in [3.05, 3.63) is 192 Å². The van der Waals surface area contributed by atoms with Crippen molar-refractivity contribution in [3.8, 4) is 22.3 Å². The van der Waals surface area contributed by atoms with Crippen molar-refractivity contribution in [2.24, 2.45) is 0 Å². The van der Waals surface area contributed by atoms with Crippen molar-refractivity contribution in [1.29, 1.82) is 0 Å². The highest BCUT2D eigenvalue weighted by atomic mass is 35.5. The molecule has 0 N–H and O–H groups in total. The lowest BCUT2D eigenvalue weighted by Crippen LogP contribution is -2.58. The third-order valence-corrected chi connectivity index (χ3v) is 15.0. The number of anilines is 5. The van der Waals surface area contributed by atoms with Gasteiger partial charge in [-0.2, -0.15) is 0 Å². The van der Waals surface area contributed by atoms with Gasteiger partial charge in [0, 0.05) is 28.0 Å². The second-order valence-corrected chi connectivity index (χ2v) is 19.9. The summed E-state index contributed by atoms with van der Waals surface area (Å²) in [6, 6.07) is 61.4. The first-order chi connectivity index (χ1) is 25.7. The van der Waals surface area contributed by atoms with Gasteiger partial charge in [0.1, 0.15) is 8.07 Å². The summed E-state index contributed by atoms with van der Waals surface area (Å²) in [7, 11) is -2.02. The smallest absolute Gasteiger partial charge is 0.117 e. The van der Waals surface area contributed by atoms with Gasteiger partial charge in [-0.3, -0.25) is 0 Å². The zero-order valence-electron chi connectivity index (χ0n) is 30.5. The Bertz CT molecular complexity index is 2490. The zero-order valence-corrected chi connectivity index (χ0v) is 32.3. The van der Waals surface area contributed by atoms with E-state index in [1.54, 1.807) is 0 Å². The van der Waals surface area contributed by atoms with Gasteiger partial charge in [0.15, 0.2) is 0 Å². The van der Waals surface area contributed by atoms with E-state index in [-0.39, 0.29) is 5.41 Å². The molecule has 258 valence electrons. The third-order valence-electron chi connectivity index (χ3n) is 11.1. The molecule has 7 aromatic rings. The summed E-state index contributed by atoms with van der Waals surface area (Å²) in [6.07, 6.45) is 2.41. The van der Waals surface area contributed by atoms with Crippen molar-refractivity contribution < 1.29 is 0 Å². The number of benzene rings is 7. The van der Waals surface area contributed by atoms with Crippen LogP contribution in [0.4, 0.5) is 28.4 Å². The lowest BCUT2D eigenvalue weighted by Gasteiger charge is -2.42. The fourth-order valence-electron chi connectivity index (χ4n) is 8.46. The molecular formula is C49H41ClN2Si. The molecule has 0 radical (unpaired) electrons. The van der Waals surface area contributed by atoms with Crippen LogP contribution in [-0.4, -0.2) is 8.07 Å². The van der Waals surface area contributed by atoms with Gasteiger partial charge in [-0.05, 0) is 86.7 Å². The minimum absolute atomic E-state index is 0.156. The van der Waals surface area contributed by atoms with E-state index < -0.39 is 8.07 Å². The summed E-state index contributed by atoms with van der Waals surface area (Å²) in [4.78, 5) is 4.80. The van der Waals surface area contributed by atoms with E-state index in [2.05, 4.69) is 213 Å². The predicted octanol–water partition coefficient (Wildman–Crippen LogP) is 12.8. The topological polar surface area (TPSA) is 6.48 Å². The number of rotatable bonds is 6. The van der Waals surface area contributed by atoms with Crippen LogP contribution in [0.3, 0.4) is 0 Å². The summed E-state index contributed by atoms with van der Waals surface area (Å²) < 4.78 is 0. The molecule has 1 heterocycles. The first-order valence-electron chi connectivity index (χ1n) is 18.4. The molecule has 9 rings (SSSR count). The van der Waals surface area contributed by atoms with Crippen molar-refractivity contribution in [1.82, 2.24) is 0 Å². The van der Waals surface area contributed by atoms with Crippen LogP contribution in [0, 0.1) is 0 Å². The number of nitrogens with zero attached hydrogens (tertiary/aromatic N) is 2. The molecule has 2 aliphatic rings. The Morgan fingerprint density at radius 2 is 1.08 bits per heavy atom. The maximum atomic E-state index is 7.95. The molecule has 0 saturated heterocycles. The maximum absolute atomic E-state index is 7.95. The Morgan fingerprint density at radius 1 is 0.528 bits per heavy atom. The predicted molar refractivity (Wildman–Crippen MR) is 230 cm³/mol. The molecule has 1 aliphatic carbocycles. The highest BCUT2D eigenvalue weighted by Gasteiger charge is 2.40. The molecule has 2 nitrogen and oxygen atoms in total. The first-order valence-corrected chi connectivity index (χ1v) is 21.8. The van der Waals surface area contributed by atoms with Gasteiger partial charge in [-0.1, -0.05) is 166 Å². The van der Waals surface area contributed by atoms with Crippen LogP contribution in [0.2, 0.25) is 18.1 Å². The molecule has 7 aromatic carbocycles. The molecule has 53 heavy (non-hydrogen) atoms. The van der Waals surface area contributed by atoms with Gasteiger partial charge < -0.3 is 9.80 Å². The van der Waals surface area contributed by atoms with Crippen molar-refractivity contribution >= 4 is 64.2 Å². The number of hydrogen-bond donors (Lipinski definition) is 0. The monoisotopic (exact) mass is 720 g/mol. The van der Waals surface area contributed by atoms with Crippen molar-refractivity contribution in [2.75, 3.05) is 9.80 Å². The second-order valence-electron chi connectivity index (χ2n) is 15.2. The Hall–Kier alpha value is -5.61.